The van der Waals surface area contributed by atoms with Gasteiger partial charge in [-0.15, -0.1) is 0 Å². The lowest BCUT2D eigenvalue weighted by atomic mass is 9.99. The quantitative estimate of drug-likeness (QED) is 0.195. The van der Waals surface area contributed by atoms with Crippen LogP contribution < -0.4 is 4.90 Å². The average molecular weight is 565 g/mol. The maximum absolute atomic E-state index is 2.38. The highest BCUT2D eigenvalue weighted by Crippen LogP contribution is 2.37. The number of anilines is 3. The molecule has 0 N–H and O–H groups in total. The summed E-state index contributed by atoms with van der Waals surface area (Å²) in [6.07, 6.45) is 9.07. The van der Waals surface area contributed by atoms with Gasteiger partial charge in [-0.1, -0.05) is 109 Å². The van der Waals surface area contributed by atoms with Gasteiger partial charge in [0, 0.05) is 33.5 Å². The summed E-state index contributed by atoms with van der Waals surface area (Å²) in [5.41, 5.74) is 12.0. The third kappa shape index (κ3) is 4.71. The van der Waals surface area contributed by atoms with E-state index < -0.39 is 0 Å². The average Bonchev–Trinajstić information content (AvgIpc) is 3.44. The predicted octanol–water partition coefficient (Wildman–Crippen LogP) is 11.7. The third-order valence-corrected chi connectivity index (χ3v) is 8.61. The molecule has 0 saturated heterocycles. The summed E-state index contributed by atoms with van der Waals surface area (Å²) < 4.78 is 2.38. The summed E-state index contributed by atoms with van der Waals surface area (Å²) in [5.74, 6) is 0. The number of benzene rings is 6. The third-order valence-electron chi connectivity index (χ3n) is 8.61. The highest BCUT2D eigenvalue weighted by Gasteiger charge is 2.15. The number of para-hydroxylation sites is 3. The van der Waals surface area contributed by atoms with Gasteiger partial charge in [0.1, 0.15) is 0 Å². The highest BCUT2D eigenvalue weighted by molar-refractivity contribution is 6.09. The zero-order valence-corrected chi connectivity index (χ0v) is 24.5. The van der Waals surface area contributed by atoms with Crippen molar-refractivity contribution in [2.45, 2.75) is 12.8 Å². The number of nitrogens with zero attached hydrogens (tertiary/aromatic N) is 2. The van der Waals surface area contributed by atoms with E-state index in [1.165, 1.54) is 44.1 Å². The molecule has 0 atom stereocenters. The Morgan fingerprint density at radius 2 is 1.05 bits per heavy atom. The number of rotatable bonds is 6. The molecule has 0 bridgehead atoms. The molecule has 44 heavy (non-hydrogen) atoms. The van der Waals surface area contributed by atoms with Crippen LogP contribution in [0.1, 0.15) is 18.4 Å². The van der Waals surface area contributed by atoms with Gasteiger partial charge in [-0.05, 0) is 95.8 Å². The number of allylic oxidation sites excluding steroid dienone is 4. The van der Waals surface area contributed by atoms with Gasteiger partial charge in [-0.2, -0.15) is 0 Å². The minimum absolute atomic E-state index is 1.11. The van der Waals surface area contributed by atoms with Gasteiger partial charge in [-0.25, -0.2) is 0 Å². The van der Waals surface area contributed by atoms with E-state index in [-0.39, 0.29) is 0 Å². The van der Waals surface area contributed by atoms with Crippen molar-refractivity contribution in [2.24, 2.45) is 0 Å². The highest BCUT2D eigenvalue weighted by atomic mass is 15.1. The van der Waals surface area contributed by atoms with Crippen LogP contribution in [0.2, 0.25) is 0 Å². The van der Waals surface area contributed by atoms with E-state index in [4.69, 9.17) is 0 Å². The fraction of sp³-hybridized carbons (Fsp3) is 0.0476. The molecule has 1 aliphatic carbocycles. The van der Waals surface area contributed by atoms with E-state index in [1.807, 2.05) is 0 Å². The molecule has 0 fully saturated rings. The standard InChI is InChI=1S/C42H32N2/c1-3-12-31(13-4-1)32-22-26-36(27-23-32)43(35-15-5-2-6-16-35)37-28-24-33(25-29-37)34-14-11-17-38(30-34)44-41-20-9-7-18-39(41)40-19-8-10-21-42(40)44/h2-3,5-30H,1,4H2. The first kappa shape index (κ1) is 26.1. The molecule has 0 spiro atoms. The molecule has 2 heteroatoms. The molecule has 210 valence electrons. The van der Waals surface area contributed by atoms with Gasteiger partial charge in [0.25, 0.3) is 0 Å². The zero-order chi connectivity index (χ0) is 29.3. The lowest BCUT2D eigenvalue weighted by Crippen LogP contribution is -2.09. The molecule has 2 nitrogen and oxygen atoms in total. The molecule has 7 aromatic rings. The Bertz CT molecular complexity index is 2090. The normalized spacial score (nSPS) is 12.9. The van der Waals surface area contributed by atoms with Crippen molar-refractivity contribution >= 4 is 44.4 Å². The maximum atomic E-state index is 2.38. The summed E-state index contributed by atoms with van der Waals surface area (Å²) >= 11 is 0. The number of fused-ring (bicyclic) bond motifs is 3. The molecule has 0 saturated carbocycles. The van der Waals surface area contributed by atoms with Crippen molar-refractivity contribution in [1.82, 2.24) is 4.57 Å². The van der Waals surface area contributed by atoms with Crippen LogP contribution in [0.4, 0.5) is 17.1 Å². The molecule has 0 aliphatic heterocycles. The van der Waals surface area contributed by atoms with Crippen LogP contribution in [0.15, 0.2) is 170 Å². The molecule has 8 rings (SSSR count). The molecule has 6 aromatic carbocycles. The fourth-order valence-corrected chi connectivity index (χ4v) is 6.48. The predicted molar refractivity (Wildman–Crippen MR) is 187 cm³/mol. The van der Waals surface area contributed by atoms with Crippen molar-refractivity contribution in [3.8, 4) is 16.8 Å². The largest absolute Gasteiger partial charge is 0.311 e. The SMILES string of the molecule is C1=CC(c2ccc(N(c3ccccc3)c3ccc(-c4cccc(-n5c6ccccc6c6ccccc65)c4)cc3)cc2)=CCC1. The minimum Gasteiger partial charge on any atom is -0.311 e. The van der Waals surface area contributed by atoms with Crippen LogP contribution in [-0.4, -0.2) is 4.57 Å². The van der Waals surface area contributed by atoms with E-state index in [9.17, 15) is 0 Å². The fourth-order valence-electron chi connectivity index (χ4n) is 6.48. The molecular weight excluding hydrogens is 532 g/mol. The number of hydrogen-bond acceptors (Lipinski definition) is 1. The first-order chi connectivity index (χ1) is 21.8. The molecular formula is C42H32N2. The van der Waals surface area contributed by atoms with Gasteiger partial charge in [0.2, 0.25) is 0 Å². The summed E-state index contributed by atoms with van der Waals surface area (Å²) in [6, 6.07) is 54.7. The van der Waals surface area contributed by atoms with Crippen LogP contribution in [0.25, 0.3) is 44.2 Å². The van der Waals surface area contributed by atoms with Crippen LogP contribution in [0.3, 0.4) is 0 Å². The summed E-state index contributed by atoms with van der Waals surface area (Å²) in [5, 5.41) is 2.55. The van der Waals surface area contributed by atoms with Gasteiger partial charge < -0.3 is 9.47 Å². The van der Waals surface area contributed by atoms with Gasteiger partial charge in [0.15, 0.2) is 0 Å². The topological polar surface area (TPSA) is 8.17 Å². The Labute approximate surface area is 258 Å². The Morgan fingerprint density at radius 1 is 0.455 bits per heavy atom. The van der Waals surface area contributed by atoms with Crippen LogP contribution in [0.5, 0.6) is 0 Å². The molecule has 1 aromatic heterocycles. The van der Waals surface area contributed by atoms with Crippen molar-refractivity contribution < 1.29 is 0 Å². The Hall–Kier alpha value is -5.60. The second kappa shape index (κ2) is 11.2. The Morgan fingerprint density at radius 3 is 1.68 bits per heavy atom. The van der Waals surface area contributed by atoms with E-state index >= 15 is 0 Å². The van der Waals surface area contributed by atoms with E-state index in [1.54, 1.807) is 0 Å². The second-order valence-electron chi connectivity index (χ2n) is 11.3. The summed E-state index contributed by atoms with van der Waals surface area (Å²) in [4.78, 5) is 2.33. The summed E-state index contributed by atoms with van der Waals surface area (Å²) in [6.45, 7) is 0. The number of aromatic nitrogens is 1. The van der Waals surface area contributed by atoms with Crippen molar-refractivity contribution in [1.29, 1.82) is 0 Å². The first-order valence-electron chi connectivity index (χ1n) is 15.3. The van der Waals surface area contributed by atoms with Gasteiger partial charge >= 0.3 is 0 Å². The van der Waals surface area contributed by atoms with Gasteiger partial charge in [0.05, 0.1) is 11.0 Å². The zero-order valence-electron chi connectivity index (χ0n) is 24.5. The van der Waals surface area contributed by atoms with Crippen molar-refractivity contribution in [3.05, 3.63) is 175 Å². The molecule has 1 aliphatic rings. The number of hydrogen-bond donors (Lipinski definition) is 0. The van der Waals surface area contributed by atoms with Gasteiger partial charge in [-0.3, -0.25) is 0 Å². The molecule has 0 radical (unpaired) electrons. The Balaban J connectivity index is 1.16. The first-order valence-corrected chi connectivity index (χ1v) is 15.3. The lowest BCUT2D eigenvalue weighted by Gasteiger charge is -2.26. The molecule has 1 heterocycles. The van der Waals surface area contributed by atoms with Crippen LogP contribution >= 0.6 is 0 Å². The monoisotopic (exact) mass is 564 g/mol. The van der Waals surface area contributed by atoms with Crippen LogP contribution in [-0.2, 0) is 0 Å². The van der Waals surface area contributed by atoms with E-state index in [2.05, 4.69) is 179 Å². The molecule has 0 unspecified atom stereocenters. The maximum Gasteiger partial charge on any atom is 0.0541 e. The van der Waals surface area contributed by atoms with Crippen molar-refractivity contribution in [3.63, 3.8) is 0 Å². The second-order valence-corrected chi connectivity index (χ2v) is 11.3. The lowest BCUT2D eigenvalue weighted by molar-refractivity contribution is 1.04. The van der Waals surface area contributed by atoms with E-state index in [0.29, 0.717) is 0 Å². The smallest absolute Gasteiger partial charge is 0.0541 e. The minimum atomic E-state index is 1.11. The summed E-state index contributed by atoms with van der Waals surface area (Å²) in [7, 11) is 0. The molecule has 0 amide bonds. The van der Waals surface area contributed by atoms with E-state index in [0.717, 1.165) is 35.6 Å². The van der Waals surface area contributed by atoms with Crippen LogP contribution in [0, 0.1) is 0 Å². The Kier molecular flexibility index (Phi) is 6.66. The van der Waals surface area contributed by atoms with Crippen molar-refractivity contribution in [2.75, 3.05) is 4.90 Å².